The van der Waals surface area contributed by atoms with E-state index in [-0.39, 0.29) is 18.0 Å². The molecule has 10 heteroatoms. The highest BCUT2D eigenvalue weighted by molar-refractivity contribution is 5.95. The number of nitrogens with zero attached hydrogens (tertiary/aromatic N) is 2. The van der Waals surface area contributed by atoms with Crippen molar-refractivity contribution in [3.63, 3.8) is 0 Å². The molecule has 0 bridgehead atoms. The van der Waals surface area contributed by atoms with Gasteiger partial charge in [0.15, 0.2) is 0 Å². The zero-order chi connectivity index (χ0) is 24.3. The van der Waals surface area contributed by atoms with E-state index in [0.29, 0.717) is 29.8 Å². The average molecular weight is 471 g/mol. The van der Waals surface area contributed by atoms with Gasteiger partial charge in [-0.1, -0.05) is 30.3 Å². The Morgan fingerprint density at radius 2 is 1.88 bits per heavy atom. The van der Waals surface area contributed by atoms with E-state index in [1.807, 2.05) is 0 Å². The number of ether oxygens (including phenoxy) is 2. The quantitative estimate of drug-likeness (QED) is 0.563. The van der Waals surface area contributed by atoms with Gasteiger partial charge in [-0.15, -0.1) is 0 Å². The number of alkyl halides is 3. The number of fused-ring (bicyclic) bond motifs is 1. The fourth-order valence-electron chi connectivity index (χ4n) is 3.64. The standard InChI is InChI=1S/C24H20F3N3O4/c25-24(26,27)23(32)34-22-19-7-2-1-4-16(19)9-11-30(22)21(31)17-5-3-6-18(13-17)33-20-12-15(14-28)8-10-29-20/h1-8,10,12-13,22H,9,11,14,28H2. The molecule has 2 heterocycles. The van der Waals surface area contributed by atoms with Gasteiger partial charge in [-0.2, -0.15) is 13.2 Å². The minimum absolute atomic E-state index is 0.0663. The number of carbonyl (C=O) groups is 2. The van der Waals surface area contributed by atoms with Gasteiger partial charge in [-0.3, -0.25) is 9.69 Å². The zero-order valence-electron chi connectivity index (χ0n) is 17.8. The topological polar surface area (TPSA) is 94.8 Å². The summed E-state index contributed by atoms with van der Waals surface area (Å²) in [5, 5.41) is 0. The Labute approximate surface area is 192 Å². The molecule has 176 valence electrons. The van der Waals surface area contributed by atoms with Crippen molar-refractivity contribution in [2.45, 2.75) is 25.4 Å². The van der Waals surface area contributed by atoms with Crippen molar-refractivity contribution in [3.05, 3.63) is 89.1 Å². The number of hydrogen-bond acceptors (Lipinski definition) is 6. The second-order valence-electron chi connectivity index (χ2n) is 7.54. The summed E-state index contributed by atoms with van der Waals surface area (Å²) in [6.07, 6.45) is -4.77. The number of rotatable bonds is 5. The van der Waals surface area contributed by atoms with Gasteiger partial charge in [-0.25, -0.2) is 9.78 Å². The first-order valence-corrected chi connectivity index (χ1v) is 10.4. The van der Waals surface area contributed by atoms with Crippen molar-refractivity contribution in [1.82, 2.24) is 9.88 Å². The molecule has 0 saturated carbocycles. The Morgan fingerprint density at radius 3 is 2.65 bits per heavy atom. The zero-order valence-corrected chi connectivity index (χ0v) is 17.8. The fourth-order valence-corrected chi connectivity index (χ4v) is 3.64. The molecule has 1 aliphatic heterocycles. The third-order valence-electron chi connectivity index (χ3n) is 5.28. The summed E-state index contributed by atoms with van der Waals surface area (Å²) in [4.78, 5) is 30.2. The summed E-state index contributed by atoms with van der Waals surface area (Å²) in [5.41, 5.74) is 7.62. The fraction of sp³-hybridized carbons (Fsp3) is 0.208. The van der Waals surface area contributed by atoms with Crippen molar-refractivity contribution < 1.29 is 32.2 Å². The number of aromatic nitrogens is 1. The van der Waals surface area contributed by atoms with E-state index < -0.39 is 24.3 Å². The molecule has 0 aliphatic carbocycles. The lowest BCUT2D eigenvalue weighted by atomic mass is 9.97. The van der Waals surface area contributed by atoms with Crippen LogP contribution in [0.1, 0.15) is 33.3 Å². The predicted molar refractivity (Wildman–Crippen MR) is 115 cm³/mol. The number of carbonyl (C=O) groups excluding carboxylic acids is 2. The number of esters is 1. The van der Waals surface area contributed by atoms with Crippen LogP contribution in [-0.2, 0) is 22.5 Å². The number of benzene rings is 2. The summed E-state index contributed by atoms with van der Waals surface area (Å²) in [6.45, 7) is 0.364. The molecule has 1 atom stereocenters. The molecular weight excluding hydrogens is 451 g/mol. The Balaban J connectivity index is 1.61. The number of pyridine rings is 1. The predicted octanol–water partition coefficient (Wildman–Crippen LogP) is 4.14. The highest BCUT2D eigenvalue weighted by Gasteiger charge is 2.45. The molecule has 1 unspecified atom stereocenters. The third-order valence-corrected chi connectivity index (χ3v) is 5.28. The Kier molecular flexibility index (Phi) is 6.51. The molecule has 2 N–H and O–H groups in total. The molecule has 4 rings (SSSR count). The van der Waals surface area contributed by atoms with Gasteiger partial charge in [0, 0.05) is 36.5 Å². The lowest BCUT2D eigenvalue weighted by Gasteiger charge is -2.36. The number of amides is 1. The van der Waals surface area contributed by atoms with E-state index >= 15 is 0 Å². The molecule has 0 spiro atoms. The first-order valence-electron chi connectivity index (χ1n) is 10.4. The molecule has 3 aromatic rings. The van der Waals surface area contributed by atoms with Gasteiger partial charge in [0.25, 0.3) is 5.91 Å². The molecule has 1 aliphatic rings. The van der Waals surface area contributed by atoms with E-state index in [4.69, 9.17) is 15.2 Å². The molecule has 1 aromatic heterocycles. The van der Waals surface area contributed by atoms with Crippen molar-refractivity contribution in [1.29, 1.82) is 0 Å². The Hall–Kier alpha value is -3.92. The second kappa shape index (κ2) is 9.52. The summed E-state index contributed by atoms with van der Waals surface area (Å²) < 4.78 is 49.3. The molecule has 0 saturated heterocycles. The van der Waals surface area contributed by atoms with E-state index in [1.54, 1.807) is 48.5 Å². The maximum Gasteiger partial charge on any atom is 0.491 e. The first-order chi connectivity index (χ1) is 16.3. The van der Waals surface area contributed by atoms with Gasteiger partial charge < -0.3 is 15.2 Å². The van der Waals surface area contributed by atoms with Gasteiger partial charge in [-0.05, 0) is 41.8 Å². The van der Waals surface area contributed by atoms with Crippen molar-refractivity contribution in [2.24, 2.45) is 5.73 Å². The summed E-state index contributed by atoms with van der Waals surface area (Å²) in [5.74, 6) is -2.40. The van der Waals surface area contributed by atoms with Crippen LogP contribution in [-0.4, -0.2) is 34.5 Å². The van der Waals surface area contributed by atoms with E-state index in [0.717, 1.165) is 10.5 Å². The molecule has 7 nitrogen and oxygen atoms in total. The van der Waals surface area contributed by atoms with Crippen LogP contribution in [0.25, 0.3) is 0 Å². The second-order valence-corrected chi connectivity index (χ2v) is 7.54. The normalized spacial score (nSPS) is 15.4. The van der Waals surface area contributed by atoms with E-state index in [2.05, 4.69) is 4.98 Å². The molecule has 0 radical (unpaired) electrons. The van der Waals surface area contributed by atoms with Crippen LogP contribution in [0.2, 0.25) is 0 Å². The van der Waals surface area contributed by atoms with Crippen LogP contribution in [0, 0.1) is 0 Å². The van der Waals surface area contributed by atoms with Crippen molar-refractivity contribution >= 4 is 11.9 Å². The van der Waals surface area contributed by atoms with Gasteiger partial charge >= 0.3 is 12.1 Å². The smallest absolute Gasteiger partial charge is 0.439 e. The summed E-state index contributed by atoms with van der Waals surface area (Å²) in [7, 11) is 0. The molecule has 1 amide bonds. The number of nitrogens with two attached hydrogens (primary N) is 1. The highest BCUT2D eigenvalue weighted by atomic mass is 19.4. The lowest BCUT2D eigenvalue weighted by Crippen LogP contribution is -2.43. The van der Waals surface area contributed by atoms with Crippen LogP contribution < -0.4 is 10.5 Å². The van der Waals surface area contributed by atoms with E-state index in [1.165, 1.54) is 18.3 Å². The van der Waals surface area contributed by atoms with Crippen molar-refractivity contribution in [2.75, 3.05) is 6.54 Å². The number of hydrogen-bond donors (Lipinski definition) is 1. The van der Waals surface area contributed by atoms with Crippen LogP contribution in [0.5, 0.6) is 11.6 Å². The summed E-state index contributed by atoms with van der Waals surface area (Å²) in [6, 6.07) is 16.1. The maximum atomic E-state index is 13.3. The minimum atomic E-state index is -5.19. The summed E-state index contributed by atoms with van der Waals surface area (Å²) >= 11 is 0. The van der Waals surface area contributed by atoms with Crippen LogP contribution >= 0.6 is 0 Å². The Bertz CT molecular complexity index is 1220. The minimum Gasteiger partial charge on any atom is -0.439 e. The van der Waals surface area contributed by atoms with Gasteiger partial charge in [0.2, 0.25) is 12.1 Å². The van der Waals surface area contributed by atoms with Crippen molar-refractivity contribution in [3.8, 4) is 11.6 Å². The molecule has 34 heavy (non-hydrogen) atoms. The van der Waals surface area contributed by atoms with Crippen LogP contribution in [0.4, 0.5) is 13.2 Å². The largest absolute Gasteiger partial charge is 0.491 e. The lowest BCUT2D eigenvalue weighted by molar-refractivity contribution is -0.212. The number of halogens is 3. The average Bonchev–Trinajstić information content (AvgIpc) is 2.83. The third kappa shape index (κ3) is 5.01. The first kappa shape index (κ1) is 23.2. The van der Waals surface area contributed by atoms with Gasteiger partial charge in [0.1, 0.15) is 5.75 Å². The van der Waals surface area contributed by atoms with Gasteiger partial charge in [0.05, 0.1) is 0 Å². The van der Waals surface area contributed by atoms with E-state index in [9.17, 15) is 22.8 Å². The maximum absolute atomic E-state index is 13.3. The monoisotopic (exact) mass is 471 g/mol. The molecule has 0 fully saturated rings. The molecular formula is C24H20F3N3O4. The molecule has 2 aromatic carbocycles. The Morgan fingerprint density at radius 1 is 1.09 bits per heavy atom. The van der Waals surface area contributed by atoms with Crippen LogP contribution in [0.3, 0.4) is 0 Å². The van der Waals surface area contributed by atoms with Crippen LogP contribution in [0.15, 0.2) is 66.9 Å². The highest BCUT2D eigenvalue weighted by Crippen LogP contribution is 2.34. The SMILES string of the molecule is NCc1ccnc(Oc2cccc(C(=O)N3CCc4ccccc4C3OC(=O)C(F)(F)F)c2)c1.